The minimum absolute atomic E-state index is 0.534. The van der Waals surface area contributed by atoms with E-state index < -0.39 is 29.9 Å². The van der Waals surface area contributed by atoms with Crippen molar-refractivity contribution in [3.05, 3.63) is 0 Å². The maximum absolute atomic E-state index is 11.7. The summed E-state index contributed by atoms with van der Waals surface area (Å²) in [6.45, 7) is 0.930. The number of aliphatic hydroxyl groups is 1. The molecule has 2 N–H and O–H groups in total. The second kappa shape index (κ2) is 3.87. The van der Waals surface area contributed by atoms with Gasteiger partial charge in [-0.3, -0.25) is 9.69 Å². The van der Waals surface area contributed by atoms with Gasteiger partial charge < -0.3 is 14.9 Å². The number of carbonyl (C=O) groups excluding carboxylic acids is 1. The van der Waals surface area contributed by atoms with Crippen molar-refractivity contribution in [1.29, 1.82) is 0 Å². The van der Waals surface area contributed by atoms with Crippen LogP contribution in [0.3, 0.4) is 0 Å². The van der Waals surface area contributed by atoms with Crippen LogP contribution in [-0.4, -0.2) is 45.0 Å². The lowest BCUT2D eigenvalue weighted by Gasteiger charge is -2.41. The van der Waals surface area contributed by atoms with E-state index in [1.807, 2.05) is 0 Å². The van der Waals surface area contributed by atoms with Gasteiger partial charge in [-0.25, -0.2) is 4.79 Å². The van der Waals surface area contributed by atoms with Gasteiger partial charge >= 0.3 is 12.1 Å². The topological polar surface area (TPSA) is 87.1 Å². The van der Waals surface area contributed by atoms with Crippen LogP contribution in [0.25, 0.3) is 0 Å². The van der Waals surface area contributed by atoms with Crippen LogP contribution in [0.1, 0.15) is 39.0 Å². The van der Waals surface area contributed by atoms with Gasteiger partial charge in [0.1, 0.15) is 6.54 Å². The molecule has 1 saturated heterocycles. The molecule has 1 aliphatic heterocycles. The Morgan fingerprint density at radius 2 is 2.00 bits per heavy atom. The third kappa shape index (κ3) is 1.76. The number of aliphatic carboxylic acids is 1. The first kappa shape index (κ1) is 12.2. The summed E-state index contributed by atoms with van der Waals surface area (Å²) in [4.78, 5) is 23.3. The van der Waals surface area contributed by atoms with Crippen LogP contribution in [0.15, 0.2) is 0 Å². The average molecular weight is 243 g/mol. The van der Waals surface area contributed by atoms with Gasteiger partial charge in [-0.05, 0) is 32.6 Å². The Morgan fingerprint density at radius 3 is 2.53 bits per heavy atom. The zero-order valence-electron chi connectivity index (χ0n) is 9.81. The fourth-order valence-electron chi connectivity index (χ4n) is 2.79. The molecule has 0 aromatic rings. The summed E-state index contributed by atoms with van der Waals surface area (Å²) in [7, 11) is 0. The van der Waals surface area contributed by atoms with Gasteiger partial charge in [0.15, 0.2) is 11.3 Å². The first-order valence-electron chi connectivity index (χ1n) is 5.84. The SMILES string of the molecule is CC1(O)N(CC(=O)O)C(=O)OC12CCCCC2. The van der Waals surface area contributed by atoms with Crippen molar-refractivity contribution in [1.82, 2.24) is 4.90 Å². The summed E-state index contributed by atoms with van der Waals surface area (Å²) >= 11 is 0. The normalized spacial score (nSPS) is 31.6. The summed E-state index contributed by atoms with van der Waals surface area (Å²) in [5.41, 5.74) is -2.47. The van der Waals surface area contributed by atoms with Gasteiger partial charge in [0.25, 0.3) is 0 Å². The summed E-state index contributed by atoms with van der Waals surface area (Å²) in [6, 6.07) is 0. The molecule has 1 amide bonds. The van der Waals surface area contributed by atoms with Crippen molar-refractivity contribution in [2.75, 3.05) is 6.54 Å². The average Bonchev–Trinajstić information content (AvgIpc) is 2.41. The summed E-state index contributed by atoms with van der Waals surface area (Å²) in [5, 5.41) is 19.2. The predicted octanol–water partition coefficient (Wildman–Crippen LogP) is 0.935. The molecule has 0 aromatic carbocycles. The standard InChI is InChI=1S/C11H17NO5/c1-10(16)11(5-3-2-4-6-11)17-9(15)12(10)7-8(13)14/h16H,2-7H2,1H3,(H,13,14). The molecule has 2 aliphatic rings. The summed E-state index contributed by atoms with van der Waals surface area (Å²) < 4.78 is 5.29. The minimum atomic E-state index is -1.54. The molecule has 6 nitrogen and oxygen atoms in total. The number of rotatable bonds is 2. The van der Waals surface area contributed by atoms with Crippen molar-refractivity contribution in [3.8, 4) is 0 Å². The summed E-state index contributed by atoms with van der Waals surface area (Å²) in [5.74, 6) is -1.16. The highest BCUT2D eigenvalue weighted by molar-refractivity contribution is 5.79. The van der Waals surface area contributed by atoms with Crippen LogP contribution in [0.4, 0.5) is 4.79 Å². The van der Waals surface area contributed by atoms with E-state index >= 15 is 0 Å². The van der Waals surface area contributed by atoms with Crippen LogP contribution in [0, 0.1) is 0 Å². The molecule has 1 spiro atoms. The second-order valence-electron chi connectivity index (χ2n) is 4.92. The summed E-state index contributed by atoms with van der Waals surface area (Å²) in [6.07, 6.45) is 3.24. The Balaban J connectivity index is 2.27. The van der Waals surface area contributed by atoms with Crippen LogP contribution >= 0.6 is 0 Å². The Labute approximate surface area is 99.2 Å². The monoisotopic (exact) mass is 243 g/mol. The minimum Gasteiger partial charge on any atom is -0.480 e. The molecule has 0 bridgehead atoms. The van der Waals surface area contributed by atoms with Gasteiger partial charge in [-0.1, -0.05) is 6.42 Å². The lowest BCUT2D eigenvalue weighted by molar-refractivity contribution is -0.166. The van der Waals surface area contributed by atoms with Crippen LogP contribution in [0.5, 0.6) is 0 Å². The van der Waals surface area contributed by atoms with Gasteiger partial charge in [-0.2, -0.15) is 0 Å². The highest BCUT2D eigenvalue weighted by Crippen LogP contribution is 2.46. The third-order valence-corrected chi connectivity index (χ3v) is 3.85. The van der Waals surface area contributed by atoms with E-state index in [9.17, 15) is 14.7 Å². The zero-order valence-corrected chi connectivity index (χ0v) is 9.81. The number of amides is 1. The highest BCUT2D eigenvalue weighted by atomic mass is 16.6. The van der Waals surface area contributed by atoms with E-state index in [-0.39, 0.29) is 0 Å². The van der Waals surface area contributed by atoms with Crippen LogP contribution in [0.2, 0.25) is 0 Å². The molecule has 0 aromatic heterocycles. The van der Waals surface area contributed by atoms with Crippen molar-refractivity contribution >= 4 is 12.1 Å². The second-order valence-corrected chi connectivity index (χ2v) is 4.92. The van der Waals surface area contributed by atoms with Gasteiger partial charge in [0.2, 0.25) is 0 Å². The number of carboxylic acids is 1. The van der Waals surface area contributed by atoms with E-state index in [0.29, 0.717) is 12.8 Å². The fourth-order valence-corrected chi connectivity index (χ4v) is 2.79. The number of hydrogen-bond donors (Lipinski definition) is 2. The van der Waals surface area contributed by atoms with Gasteiger partial charge in [0.05, 0.1) is 0 Å². The molecule has 0 radical (unpaired) electrons. The molecular weight excluding hydrogens is 226 g/mol. The number of nitrogens with zero attached hydrogens (tertiary/aromatic N) is 1. The smallest absolute Gasteiger partial charge is 0.413 e. The largest absolute Gasteiger partial charge is 0.480 e. The maximum Gasteiger partial charge on any atom is 0.413 e. The van der Waals surface area contributed by atoms with Crippen molar-refractivity contribution in [3.63, 3.8) is 0 Å². The van der Waals surface area contributed by atoms with E-state index in [4.69, 9.17) is 9.84 Å². The lowest BCUT2D eigenvalue weighted by atomic mass is 9.77. The van der Waals surface area contributed by atoms with Crippen molar-refractivity contribution in [2.24, 2.45) is 0 Å². The number of carboxylic acid groups (broad SMARTS) is 1. The van der Waals surface area contributed by atoms with Gasteiger partial charge in [0, 0.05) is 0 Å². The molecule has 17 heavy (non-hydrogen) atoms. The number of carbonyl (C=O) groups is 2. The number of ether oxygens (including phenoxy) is 1. The molecule has 1 aliphatic carbocycles. The molecule has 1 atom stereocenters. The highest BCUT2D eigenvalue weighted by Gasteiger charge is 2.62. The molecule has 2 rings (SSSR count). The zero-order chi connectivity index (χ0) is 12.7. The van der Waals surface area contributed by atoms with Crippen molar-refractivity contribution < 1.29 is 24.5 Å². The lowest BCUT2D eigenvalue weighted by Crippen LogP contribution is -2.58. The van der Waals surface area contributed by atoms with Crippen LogP contribution < -0.4 is 0 Å². The molecular formula is C11H17NO5. The molecule has 2 fully saturated rings. The van der Waals surface area contributed by atoms with E-state index in [0.717, 1.165) is 24.2 Å². The molecule has 6 heteroatoms. The Hall–Kier alpha value is -1.30. The fraction of sp³-hybridized carbons (Fsp3) is 0.818. The van der Waals surface area contributed by atoms with E-state index in [2.05, 4.69) is 0 Å². The van der Waals surface area contributed by atoms with E-state index in [1.165, 1.54) is 6.92 Å². The Bertz CT molecular complexity index is 346. The quantitative estimate of drug-likeness (QED) is 0.753. The molecule has 1 saturated carbocycles. The van der Waals surface area contributed by atoms with E-state index in [1.54, 1.807) is 0 Å². The van der Waals surface area contributed by atoms with Gasteiger partial charge in [-0.15, -0.1) is 0 Å². The maximum atomic E-state index is 11.7. The molecule has 96 valence electrons. The van der Waals surface area contributed by atoms with Crippen molar-refractivity contribution in [2.45, 2.75) is 50.4 Å². The first-order valence-corrected chi connectivity index (χ1v) is 5.84. The van der Waals surface area contributed by atoms with Crippen LogP contribution in [-0.2, 0) is 9.53 Å². The molecule has 1 heterocycles. The molecule has 1 unspecified atom stereocenters. The Kier molecular flexibility index (Phi) is 2.77. The first-order chi connectivity index (χ1) is 7.89. The Morgan fingerprint density at radius 1 is 1.41 bits per heavy atom. The predicted molar refractivity (Wildman–Crippen MR) is 57.3 cm³/mol. The third-order valence-electron chi connectivity index (χ3n) is 3.85. The number of hydrogen-bond acceptors (Lipinski definition) is 4.